The molecule has 3 heteroatoms. The maximum atomic E-state index is 5.42. The van der Waals surface area contributed by atoms with Crippen molar-refractivity contribution in [1.29, 1.82) is 0 Å². The van der Waals surface area contributed by atoms with Gasteiger partial charge in [-0.1, -0.05) is 6.92 Å². The summed E-state index contributed by atoms with van der Waals surface area (Å²) in [5.41, 5.74) is 2.28. The summed E-state index contributed by atoms with van der Waals surface area (Å²) in [7, 11) is 10.8. The quantitative estimate of drug-likeness (QED) is 0.386. The van der Waals surface area contributed by atoms with E-state index in [0.29, 0.717) is 10.9 Å². The molecule has 0 amide bonds. The minimum Gasteiger partial charge on any atom is -0.206 e. The van der Waals surface area contributed by atoms with Crippen LogP contribution in [0.3, 0.4) is 0 Å². The SMILES string of the molecule is [B]c1[c-]c([B])cc(C)c1.[Y]. The molecular formula is C7H5B2Y-. The van der Waals surface area contributed by atoms with Crippen molar-refractivity contribution in [3.8, 4) is 0 Å². The van der Waals surface area contributed by atoms with Crippen LogP contribution in [0.15, 0.2) is 12.1 Å². The first-order chi connectivity index (χ1) is 4.18. The van der Waals surface area contributed by atoms with Gasteiger partial charge in [0.25, 0.3) is 0 Å². The van der Waals surface area contributed by atoms with Gasteiger partial charge in [-0.05, 0) is 0 Å². The fourth-order valence-corrected chi connectivity index (χ4v) is 0.771. The molecule has 0 atom stereocenters. The van der Waals surface area contributed by atoms with Gasteiger partial charge in [0.1, 0.15) is 0 Å². The zero-order valence-electron chi connectivity index (χ0n) is 5.89. The van der Waals surface area contributed by atoms with Crippen molar-refractivity contribution in [2.75, 3.05) is 0 Å². The van der Waals surface area contributed by atoms with Crippen molar-refractivity contribution >= 4 is 26.6 Å². The Morgan fingerprint density at radius 2 is 1.60 bits per heavy atom. The van der Waals surface area contributed by atoms with Gasteiger partial charge in [-0.3, -0.25) is 0 Å². The molecule has 0 aliphatic heterocycles. The monoisotopic (exact) mass is 200 g/mol. The van der Waals surface area contributed by atoms with Gasteiger partial charge in [0.15, 0.2) is 0 Å². The standard InChI is InChI=1S/C7H5B2.Y/c1-5-2-6(8)4-7(9)3-5;/h2-3H,1H3;/q-1;. The minimum absolute atomic E-state index is 0. The molecule has 5 radical (unpaired) electrons. The number of rotatable bonds is 0. The van der Waals surface area contributed by atoms with Crippen LogP contribution >= 0.6 is 0 Å². The van der Waals surface area contributed by atoms with Gasteiger partial charge in [0.2, 0.25) is 0 Å². The summed E-state index contributed by atoms with van der Waals surface area (Å²) in [5, 5.41) is 0. The van der Waals surface area contributed by atoms with Gasteiger partial charge in [-0.15, -0.1) is 0 Å². The molecule has 43 valence electrons. The van der Waals surface area contributed by atoms with E-state index in [0.717, 1.165) is 5.56 Å². The fourth-order valence-electron chi connectivity index (χ4n) is 0.771. The van der Waals surface area contributed by atoms with Crippen molar-refractivity contribution in [3.63, 3.8) is 0 Å². The van der Waals surface area contributed by atoms with E-state index in [1.165, 1.54) is 0 Å². The average Bonchev–Trinajstić information content (AvgIpc) is 1.59. The van der Waals surface area contributed by atoms with E-state index in [1.54, 1.807) is 0 Å². The Bertz CT molecular complexity index is 172. The van der Waals surface area contributed by atoms with Crippen molar-refractivity contribution < 1.29 is 32.7 Å². The Morgan fingerprint density at radius 1 is 1.20 bits per heavy atom. The van der Waals surface area contributed by atoms with Crippen molar-refractivity contribution in [1.82, 2.24) is 0 Å². The van der Waals surface area contributed by atoms with E-state index >= 15 is 0 Å². The maximum absolute atomic E-state index is 5.42. The third kappa shape index (κ3) is 3.03. The fraction of sp³-hybridized carbons (Fsp3) is 0.143. The molecule has 0 aliphatic carbocycles. The summed E-state index contributed by atoms with van der Waals surface area (Å²) in [4.78, 5) is 0. The van der Waals surface area contributed by atoms with Gasteiger partial charge < -0.3 is 0 Å². The predicted octanol–water partition coefficient (Wildman–Crippen LogP) is -0.620. The molecule has 1 aromatic rings. The second-order valence-electron chi connectivity index (χ2n) is 2.07. The summed E-state index contributed by atoms with van der Waals surface area (Å²) >= 11 is 0. The Labute approximate surface area is 89.5 Å². The van der Waals surface area contributed by atoms with Crippen LogP contribution in [-0.4, -0.2) is 15.7 Å². The Hall–Kier alpha value is 0.454. The van der Waals surface area contributed by atoms with Crippen LogP contribution in [-0.2, 0) is 32.7 Å². The van der Waals surface area contributed by atoms with Gasteiger partial charge in [0, 0.05) is 32.7 Å². The second-order valence-corrected chi connectivity index (χ2v) is 2.07. The van der Waals surface area contributed by atoms with Crippen molar-refractivity contribution in [2.24, 2.45) is 0 Å². The Morgan fingerprint density at radius 3 is 1.90 bits per heavy atom. The summed E-state index contributed by atoms with van der Waals surface area (Å²) in [6.07, 6.45) is 0. The van der Waals surface area contributed by atoms with E-state index < -0.39 is 0 Å². The molecule has 0 nitrogen and oxygen atoms in total. The maximum Gasteiger partial charge on any atom is 0.0772 e. The molecule has 0 heterocycles. The van der Waals surface area contributed by atoms with Gasteiger partial charge >= 0.3 is 0 Å². The molecule has 0 fully saturated rings. The topological polar surface area (TPSA) is 0 Å². The molecule has 0 aromatic heterocycles. The third-order valence-electron chi connectivity index (χ3n) is 1.06. The Balaban J connectivity index is 0.000000810. The van der Waals surface area contributed by atoms with Crippen LogP contribution in [0.25, 0.3) is 0 Å². The molecule has 10 heavy (non-hydrogen) atoms. The Kier molecular flexibility index (Phi) is 4.55. The van der Waals surface area contributed by atoms with Gasteiger partial charge in [-0.25, -0.2) is 10.9 Å². The molecule has 0 bridgehead atoms. The molecule has 0 saturated heterocycles. The van der Waals surface area contributed by atoms with Crippen molar-refractivity contribution in [2.45, 2.75) is 6.92 Å². The van der Waals surface area contributed by atoms with Gasteiger partial charge in [0.05, 0.1) is 15.7 Å². The third-order valence-corrected chi connectivity index (χ3v) is 1.06. The second kappa shape index (κ2) is 4.36. The predicted molar refractivity (Wildman–Crippen MR) is 40.8 cm³/mol. The number of hydrogen-bond donors (Lipinski definition) is 0. The summed E-state index contributed by atoms with van der Waals surface area (Å²) < 4.78 is 0. The van der Waals surface area contributed by atoms with Gasteiger partial charge in [-0.2, -0.15) is 23.8 Å². The zero-order chi connectivity index (χ0) is 6.85. The van der Waals surface area contributed by atoms with Crippen LogP contribution in [0, 0.1) is 13.0 Å². The zero-order valence-corrected chi connectivity index (χ0v) is 8.73. The van der Waals surface area contributed by atoms with Crippen molar-refractivity contribution in [3.05, 3.63) is 23.8 Å². The first-order valence-electron chi connectivity index (χ1n) is 2.73. The molecule has 0 aliphatic rings. The van der Waals surface area contributed by atoms with Crippen LogP contribution in [0.5, 0.6) is 0 Å². The van der Waals surface area contributed by atoms with E-state index in [9.17, 15) is 0 Å². The molecule has 0 N–H and O–H groups in total. The molecular weight excluding hydrogens is 195 g/mol. The number of benzene rings is 1. The average molecular weight is 200 g/mol. The normalized spacial score (nSPS) is 8.50. The summed E-state index contributed by atoms with van der Waals surface area (Å²) in [6, 6.07) is 6.43. The minimum atomic E-state index is 0. The molecule has 0 unspecified atom stereocenters. The first-order valence-corrected chi connectivity index (χ1v) is 2.73. The van der Waals surface area contributed by atoms with E-state index in [4.69, 9.17) is 15.7 Å². The molecule has 0 saturated carbocycles. The molecule has 1 aromatic carbocycles. The molecule has 0 spiro atoms. The largest absolute Gasteiger partial charge is 0.206 e. The van der Waals surface area contributed by atoms with E-state index in [2.05, 4.69) is 6.07 Å². The first kappa shape index (κ1) is 10.5. The van der Waals surface area contributed by atoms with Crippen LogP contribution in [0.4, 0.5) is 0 Å². The summed E-state index contributed by atoms with van der Waals surface area (Å²) in [6.45, 7) is 1.94. The van der Waals surface area contributed by atoms with E-state index in [1.807, 2.05) is 19.1 Å². The van der Waals surface area contributed by atoms with Crippen LogP contribution < -0.4 is 10.9 Å². The summed E-state index contributed by atoms with van der Waals surface area (Å²) in [5.74, 6) is 0. The molecule has 1 rings (SSSR count). The van der Waals surface area contributed by atoms with E-state index in [-0.39, 0.29) is 32.7 Å². The van der Waals surface area contributed by atoms with Crippen LogP contribution in [0.1, 0.15) is 5.56 Å². The number of aryl methyl sites for hydroxylation is 1. The smallest absolute Gasteiger partial charge is 0.0772 e. The number of hydrogen-bond acceptors (Lipinski definition) is 0. The van der Waals surface area contributed by atoms with Crippen LogP contribution in [0.2, 0.25) is 0 Å².